The molecule has 0 spiro atoms. The van der Waals surface area contributed by atoms with E-state index in [2.05, 4.69) is 9.88 Å². The lowest BCUT2D eigenvalue weighted by Crippen LogP contribution is -2.35. The van der Waals surface area contributed by atoms with Crippen LogP contribution in [0.25, 0.3) is 0 Å². The topological polar surface area (TPSA) is 87.3 Å². The molecule has 1 N–H and O–H groups in total. The molecular formula is C20H24N2O4S. The predicted molar refractivity (Wildman–Crippen MR) is 104 cm³/mol. The summed E-state index contributed by atoms with van der Waals surface area (Å²) < 4.78 is 23.8. The fourth-order valence-electron chi connectivity index (χ4n) is 3.56. The number of ketones is 1. The lowest BCUT2D eigenvalue weighted by Gasteiger charge is -2.31. The molecule has 1 aromatic heterocycles. The number of nitrogens with zero attached hydrogens (tertiary/aromatic N) is 1. The molecule has 1 aliphatic rings. The SMILES string of the molecule is CS(=O)(=O)c1ccccc1C(=O)CC1CCN(Cc2ccc[nH]c2=O)CC1. The fraction of sp³-hybridized carbons (Fsp3) is 0.400. The first-order valence-electron chi connectivity index (χ1n) is 9.06. The maximum absolute atomic E-state index is 12.7. The Balaban J connectivity index is 1.59. The van der Waals surface area contributed by atoms with E-state index in [4.69, 9.17) is 0 Å². The van der Waals surface area contributed by atoms with Crippen LogP contribution in [0.4, 0.5) is 0 Å². The molecule has 7 heteroatoms. The molecular weight excluding hydrogens is 364 g/mol. The van der Waals surface area contributed by atoms with Crippen molar-refractivity contribution in [3.63, 3.8) is 0 Å². The molecule has 0 saturated carbocycles. The molecule has 1 aliphatic heterocycles. The number of hydrogen-bond acceptors (Lipinski definition) is 5. The van der Waals surface area contributed by atoms with Gasteiger partial charge in [0.05, 0.1) is 4.90 Å². The highest BCUT2D eigenvalue weighted by Gasteiger charge is 2.25. The molecule has 3 rings (SSSR count). The number of nitrogens with one attached hydrogen (secondary N) is 1. The van der Waals surface area contributed by atoms with Crippen molar-refractivity contribution >= 4 is 15.6 Å². The van der Waals surface area contributed by atoms with Crippen LogP contribution in [-0.2, 0) is 16.4 Å². The van der Waals surface area contributed by atoms with Gasteiger partial charge in [-0.25, -0.2) is 8.42 Å². The zero-order valence-electron chi connectivity index (χ0n) is 15.3. The number of rotatable bonds is 6. The number of piperidine rings is 1. The molecule has 144 valence electrons. The van der Waals surface area contributed by atoms with E-state index in [9.17, 15) is 18.0 Å². The minimum atomic E-state index is -3.43. The summed E-state index contributed by atoms with van der Waals surface area (Å²) in [5.74, 6) is 0.115. The zero-order valence-corrected chi connectivity index (χ0v) is 16.2. The molecule has 2 heterocycles. The Morgan fingerprint density at radius 1 is 1.15 bits per heavy atom. The second-order valence-electron chi connectivity index (χ2n) is 7.14. The molecule has 6 nitrogen and oxygen atoms in total. The summed E-state index contributed by atoms with van der Waals surface area (Å²) in [4.78, 5) is 29.5. The van der Waals surface area contributed by atoms with E-state index in [-0.39, 0.29) is 22.2 Å². The lowest BCUT2D eigenvalue weighted by atomic mass is 9.89. The normalized spacial score (nSPS) is 16.3. The second-order valence-corrected chi connectivity index (χ2v) is 9.12. The lowest BCUT2D eigenvalue weighted by molar-refractivity contribution is 0.0921. The van der Waals surface area contributed by atoms with Crippen molar-refractivity contribution < 1.29 is 13.2 Å². The van der Waals surface area contributed by atoms with Gasteiger partial charge in [-0.15, -0.1) is 0 Å². The number of pyridine rings is 1. The largest absolute Gasteiger partial charge is 0.329 e. The van der Waals surface area contributed by atoms with Gasteiger partial charge in [0.1, 0.15) is 0 Å². The van der Waals surface area contributed by atoms with Crippen LogP contribution in [0.1, 0.15) is 35.2 Å². The van der Waals surface area contributed by atoms with Gasteiger partial charge in [-0.05, 0) is 44.0 Å². The van der Waals surface area contributed by atoms with Crippen molar-refractivity contribution in [2.45, 2.75) is 30.7 Å². The van der Waals surface area contributed by atoms with Crippen molar-refractivity contribution in [1.29, 1.82) is 0 Å². The quantitative estimate of drug-likeness (QED) is 0.767. The zero-order chi connectivity index (χ0) is 19.4. The Kier molecular flexibility index (Phi) is 5.92. The molecule has 0 unspecified atom stereocenters. The van der Waals surface area contributed by atoms with E-state index in [0.717, 1.165) is 37.8 Å². The third-order valence-electron chi connectivity index (χ3n) is 5.06. The van der Waals surface area contributed by atoms with Gasteiger partial charge in [-0.2, -0.15) is 0 Å². The molecule has 0 radical (unpaired) electrons. The highest BCUT2D eigenvalue weighted by Crippen LogP contribution is 2.25. The molecule has 0 amide bonds. The average molecular weight is 388 g/mol. The Labute approximate surface area is 159 Å². The first-order valence-corrected chi connectivity index (χ1v) is 10.9. The van der Waals surface area contributed by atoms with E-state index in [1.165, 1.54) is 6.07 Å². The number of benzene rings is 1. The van der Waals surface area contributed by atoms with Gasteiger partial charge in [-0.1, -0.05) is 24.3 Å². The molecule has 27 heavy (non-hydrogen) atoms. The van der Waals surface area contributed by atoms with Crippen molar-refractivity contribution in [3.8, 4) is 0 Å². The number of H-pyrrole nitrogens is 1. The van der Waals surface area contributed by atoms with Gasteiger partial charge < -0.3 is 4.98 Å². The molecule has 1 aromatic carbocycles. The number of aromatic amines is 1. The summed E-state index contributed by atoms with van der Waals surface area (Å²) in [6.45, 7) is 2.24. The smallest absolute Gasteiger partial charge is 0.252 e. The van der Waals surface area contributed by atoms with Crippen LogP contribution in [0.15, 0.2) is 52.3 Å². The third-order valence-corrected chi connectivity index (χ3v) is 6.22. The molecule has 1 saturated heterocycles. The fourth-order valence-corrected chi connectivity index (χ4v) is 4.47. The van der Waals surface area contributed by atoms with E-state index in [1.807, 2.05) is 12.1 Å². The maximum atomic E-state index is 12.7. The number of carbonyl (C=O) groups excluding carboxylic acids is 1. The van der Waals surface area contributed by atoms with Crippen LogP contribution in [0.2, 0.25) is 0 Å². The van der Waals surface area contributed by atoms with E-state index in [1.54, 1.807) is 24.4 Å². The van der Waals surface area contributed by atoms with Crippen LogP contribution in [-0.4, -0.2) is 43.4 Å². The highest BCUT2D eigenvalue weighted by molar-refractivity contribution is 7.90. The van der Waals surface area contributed by atoms with Crippen molar-refractivity contribution in [1.82, 2.24) is 9.88 Å². The number of likely N-dealkylation sites (tertiary alicyclic amines) is 1. The van der Waals surface area contributed by atoms with E-state index in [0.29, 0.717) is 18.5 Å². The number of hydrogen-bond donors (Lipinski definition) is 1. The number of carbonyl (C=O) groups is 1. The Hall–Kier alpha value is -2.25. The molecule has 0 bridgehead atoms. The van der Waals surface area contributed by atoms with Gasteiger partial charge in [0.25, 0.3) is 5.56 Å². The van der Waals surface area contributed by atoms with Gasteiger partial charge in [-0.3, -0.25) is 14.5 Å². The van der Waals surface area contributed by atoms with Crippen LogP contribution in [0.5, 0.6) is 0 Å². The van der Waals surface area contributed by atoms with Crippen LogP contribution in [0.3, 0.4) is 0 Å². The van der Waals surface area contributed by atoms with Crippen molar-refractivity contribution in [2.24, 2.45) is 5.92 Å². The average Bonchev–Trinajstić information content (AvgIpc) is 2.64. The number of aromatic nitrogens is 1. The number of Topliss-reactive ketones (excluding diaryl/α,β-unsaturated/α-hetero) is 1. The van der Waals surface area contributed by atoms with Gasteiger partial charge in [0.15, 0.2) is 15.6 Å². The van der Waals surface area contributed by atoms with Crippen molar-refractivity contribution in [2.75, 3.05) is 19.3 Å². The first kappa shape index (κ1) is 19.5. The number of sulfone groups is 1. The van der Waals surface area contributed by atoms with Gasteiger partial charge in [0, 0.05) is 36.5 Å². The molecule has 1 fully saturated rings. The standard InChI is InChI=1S/C20H24N2O4S/c1-27(25,26)19-7-3-2-6-17(19)18(23)13-15-8-11-22(12-9-15)14-16-5-4-10-21-20(16)24/h2-7,10,15H,8-9,11-14H2,1H3,(H,21,24). The summed E-state index contributed by atoms with van der Waals surface area (Å²) in [5.41, 5.74) is 0.972. The summed E-state index contributed by atoms with van der Waals surface area (Å²) in [7, 11) is -3.43. The maximum Gasteiger partial charge on any atom is 0.252 e. The van der Waals surface area contributed by atoms with Gasteiger partial charge >= 0.3 is 0 Å². The molecule has 0 atom stereocenters. The monoisotopic (exact) mass is 388 g/mol. The Morgan fingerprint density at radius 3 is 2.52 bits per heavy atom. The summed E-state index contributed by atoms with van der Waals surface area (Å²) in [6, 6.07) is 10.1. The minimum Gasteiger partial charge on any atom is -0.329 e. The predicted octanol–water partition coefficient (Wildman–Crippen LogP) is 2.26. The first-order chi connectivity index (χ1) is 12.8. The molecule has 0 aliphatic carbocycles. The Morgan fingerprint density at radius 2 is 1.85 bits per heavy atom. The van der Waals surface area contributed by atoms with Gasteiger partial charge in [0.2, 0.25) is 0 Å². The van der Waals surface area contributed by atoms with E-state index >= 15 is 0 Å². The highest BCUT2D eigenvalue weighted by atomic mass is 32.2. The summed E-state index contributed by atoms with van der Waals surface area (Å²) in [6.07, 6.45) is 4.82. The Bertz CT molecular complexity index is 973. The molecule has 2 aromatic rings. The van der Waals surface area contributed by atoms with E-state index < -0.39 is 9.84 Å². The van der Waals surface area contributed by atoms with Crippen LogP contribution >= 0.6 is 0 Å². The van der Waals surface area contributed by atoms with Crippen LogP contribution < -0.4 is 5.56 Å². The summed E-state index contributed by atoms with van der Waals surface area (Å²) >= 11 is 0. The van der Waals surface area contributed by atoms with Crippen LogP contribution in [0, 0.1) is 5.92 Å². The van der Waals surface area contributed by atoms with Crippen molar-refractivity contribution in [3.05, 3.63) is 64.1 Å². The minimum absolute atomic E-state index is 0.0628. The summed E-state index contributed by atoms with van der Waals surface area (Å²) in [5, 5.41) is 0. The third kappa shape index (κ3) is 4.93. The second kappa shape index (κ2) is 8.19.